The van der Waals surface area contributed by atoms with Crippen LogP contribution in [0.4, 0.5) is 0 Å². The molecule has 2 unspecified atom stereocenters. The molecule has 1 saturated heterocycles. The van der Waals surface area contributed by atoms with Crippen molar-refractivity contribution >= 4 is 5.97 Å². The van der Waals surface area contributed by atoms with E-state index in [4.69, 9.17) is 9.84 Å². The Hall–Kier alpha value is -1.40. The molecule has 1 aromatic heterocycles. The van der Waals surface area contributed by atoms with E-state index in [1.807, 2.05) is 29.5 Å². The van der Waals surface area contributed by atoms with E-state index in [2.05, 4.69) is 5.10 Å². The van der Waals surface area contributed by atoms with Gasteiger partial charge in [0.15, 0.2) is 0 Å². The van der Waals surface area contributed by atoms with Crippen LogP contribution in [-0.2, 0) is 16.1 Å². The van der Waals surface area contributed by atoms with Gasteiger partial charge in [0.2, 0.25) is 0 Å². The fourth-order valence-electron chi connectivity index (χ4n) is 2.41. The molecule has 0 radical (unpaired) electrons. The summed E-state index contributed by atoms with van der Waals surface area (Å²) >= 11 is 0. The molecule has 0 bridgehead atoms. The van der Waals surface area contributed by atoms with Gasteiger partial charge in [0.25, 0.3) is 0 Å². The van der Waals surface area contributed by atoms with Crippen LogP contribution in [0, 0.1) is 13.8 Å². The van der Waals surface area contributed by atoms with Crippen molar-refractivity contribution in [3.05, 3.63) is 17.5 Å². The molecular formula is C13H21N3O3. The molecule has 0 aliphatic carbocycles. The predicted octanol–water partition coefficient (Wildman–Crippen LogP) is 0.674. The monoisotopic (exact) mass is 267 g/mol. The maximum atomic E-state index is 11.0. The lowest BCUT2D eigenvalue weighted by molar-refractivity contribution is -0.146. The largest absolute Gasteiger partial charge is 0.480 e. The number of nitrogens with zero attached hydrogens (tertiary/aromatic N) is 3. The number of rotatable bonds is 4. The Balaban J connectivity index is 1.98. The van der Waals surface area contributed by atoms with Crippen molar-refractivity contribution in [2.75, 3.05) is 19.7 Å². The number of aliphatic carboxylic acids is 1. The van der Waals surface area contributed by atoms with Crippen molar-refractivity contribution in [1.29, 1.82) is 0 Å². The van der Waals surface area contributed by atoms with E-state index in [0.717, 1.165) is 11.4 Å². The SMILES string of the molecule is Cc1cc(C)n(CC2CN(C(C)C(=O)O)CCO2)n1. The summed E-state index contributed by atoms with van der Waals surface area (Å²) < 4.78 is 7.64. The lowest BCUT2D eigenvalue weighted by Gasteiger charge is -2.35. The lowest BCUT2D eigenvalue weighted by Crippen LogP contribution is -2.50. The molecule has 0 saturated carbocycles. The number of aromatic nitrogens is 2. The minimum atomic E-state index is -0.785. The zero-order valence-electron chi connectivity index (χ0n) is 11.7. The van der Waals surface area contributed by atoms with Crippen molar-refractivity contribution in [3.63, 3.8) is 0 Å². The van der Waals surface area contributed by atoms with Crippen LogP contribution in [0.2, 0.25) is 0 Å². The first-order valence-corrected chi connectivity index (χ1v) is 6.57. The molecule has 0 aromatic carbocycles. The third kappa shape index (κ3) is 3.33. The van der Waals surface area contributed by atoms with Crippen LogP contribution in [0.1, 0.15) is 18.3 Å². The third-order valence-electron chi connectivity index (χ3n) is 3.56. The van der Waals surface area contributed by atoms with E-state index < -0.39 is 12.0 Å². The van der Waals surface area contributed by atoms with Gasteiger partial charge >= 0.3 is 5.97 Å². The minimum Gasteiger partial charge on any atom is -0.480 e. The Morgan fingerprint density at radius 3 is 2.95 bits per heavy atom. The second kappa shape index (κ2) is 5.71. The van der Waals surface area contributed by atoms with Gasteiger partial charge in [-0.25, -0.2) is 0 Å². The number of hydrogen-bond donors (Lipinski definition) is 1. The molecule has 1 aliphatic rings. The Labute approximate surface area is 113 Å². The first-order valence-electron chi connectivity index (χ1n) is 6.57. The normalized spacial score (nSPS) is 22.4. The molecule has 106 valence electrons. The molecule has 1 aliphatic heterocycles. The number of carbonyl (C=O) groups is 1. The molecule has 19 heavy (non-hydrogen) atoms. The summed E-state index contributed by atoms with van der Waals surface area (Å²) in [7, 11) is 0. The van der Waals surface area contributed by atoms with Crippen molar-refractivity contribution in [1.82, 2.24) is 14.7 Å². The summed E-state index contributed by atoms with van der Waals surface area (Å²) in [6.45, 7) is 8.23. The van der Waals surface area contributed by atoms with Gasteiger partial charge in [-0.15, -0.1) is 0 Å². The molecule has 1 aromatic rings. The van der Waals surface area contributed by atoms with Crippen molar-refractivity contribution in [2.24, 2.45) is 0 Å². The van der Waals surface area contributed by atoms with Gasteiger partial charge < -0.3 is 9.84 Å². The summed E-state index contributed by atoms with van der Waals surface area (Å²) in [5, 5.41) is 13.5. The molecule has 1 fully saturated rings. The Morgan fingerprint density at radius 1 is 1.63 bits per heavy atom. The Morgan fingerprint density at radius 2 is 2.37 bits per heavy atom. The number of hydrogen-bond acceptors (Lipinski definition) is 4. The van der Waals surface area contributed by atoms with E-state index in [-0.39, 0.29) is 6.10 Å². The predicted molar refractivity (Wildman–Crippen MR) is 70.1 cm³/mol. The maximum Gasteiger partial charge on any atom is 0.320 e. The molecule has 6 heteroatoms. The fraction of sp³-hybridized carbons (Fsp3) is 0.692. The van der Waals surface area contributed by atoms with E-state index in [1.54, 1.807) is 6.92 Å². The third-order valence-corrected chi connectivity index (χ3v) is 3.56. The maximum absolute atomic E-state index is 11.0. The standard InChI is InChI=1S/C13H21N3O3/c1-9-6-10(2)16(14-9)8-12-7-15(4-5-19-12)11(3)13(17)18/h6,11-12H,4-5,7-8H2,1-3H3,(H,17,18). The first-order chi connectivity index (χ1) is 8.97. The van der Waals surface area contributed by atoms with Crippen molar-refractivity contribution in [3.8, 4) is 0 Å². The van der Waals surface area contributed by atoms with Crippen LogP contribution >= 0.6 is 0 Å². The fourth-order valence-corrected chi connectivity index (χ4v) is 2.41. The molecular weight excluding hydrogens is 246 g/mol. The molecule has 2 heterocycles. The highest BCUT2D eigenvalue weighted by atomic mass is 16.5. The molecule has 2 atom stereocenters. The summed E-state index contributed by atoms with van der Waals surface area (Å²) in [5.74, 6) is -0.785. The van der Waals surface area contributed by atoms with E-state index in [1.165, 1.54) is 0 Å². The Kier molecular flexibility index (Phi) is 4.21. The number of morpholine rings is 1. The summed E-state index contributed by atoms with van der Waals surface area (Å²) in [5.41, 5.74) is 2.09. The second-order valence-corrected chi connectivity index (χ2v) is 5.11. The van der Waals surface area contributed by atoms with E-state index in [9.17, 15) is 4.79 Å². The average molecular weight is 267 g/mol. The summed E-state index contributed by atoms with van der Waals surface area (Å²) in [4.78, 5) is 13.0. The summed E-state index contributed by atoms with van der Waals surface area (Å²) in [6, 6.07) is 1.56. The van der Waals surface area contributed by atoms with Crippen molar-refractivity contribution < 1.29 is 14.6 Å². The van der Waals surface area contributed by atoms with Gasteiger partial charge in [-0.1, -0.05) is 0 Å². The zero-order valence-corrected chi connectivity index (χ0v) is 11.7. The van der Waals surface area contributed by atoms with Crippen LogP contribution in [0.15, 0.2) is 6.07 Å². The molecule has 1 N–H and O–H groups in total. The first kappa shape index (κ1) is 14.0. The number of ether oxygens (including phenoxy) is 1. The van der Waals surface area contributed by atoms with Gasteiger partial charge in [0.05, 0.1) is 24.9 Å². The minimum absolute atomic E-state index is 0.00597. The number of carboxylic acid groups (broad SMARTS) is 1. The van der Waals surface area contributed by atoms with Gasteiger partial charge in [-0.3, -0.25) is 14.4 Å². The van der Waals surface area contributed by atoms with Crippen LogP contribution in [0.3, 0.4) is 0 Å². The van der Waals surface area contributed by atoms with Crippen LogP contribution in [0.5, 0.6) is 0 Å². The molecule has 0 spiro atoms. The Bertz CT molecular complexity index is 458. The zero-order chi connectivity index (χ0) is 14.0. The topological polar surface area (TPSA) is 67.6 Å². The highest BCUT2D eigenvalue weighted by Gasteiger charge is 2.28. The number of aryl methyl sites for hydroxylation is 2. The van der Waals surface area contributed by atoms with Gasteiger partial charge in [-0.05, 0) is 26.8 Å². The smallest absolute Gasteiger partial charge is 0.320 e. The molecule has 6 nitrogen and oxygen atoms in total. The average Bonchev–Trinajstić information content (AvgIpc) is 2.67. The van der Waals surface area contributed by atoms with E-state index in [0.29, 0.717) is 26.2 Å². The molecule has 0 amide bonds. The highest BCUT2D eigenvalue weighted by molar-refractivity contribution is 5.72. The lowest BCUT2D eigenvalue weighted by atomic mass is 10.2. The van der Waals surface area contributed by atoms with Gasteiger partial charge in [-0.2, -0.15) is 5.10 Å². The van der Waals surface area contributed by atoms with E-state index >= 15 is 0 Å². The number of carboxylic acids is 1. The van der Waals surface area contributed by atoms with Crippen molar-refractivity contribution in [2.45, 2.75) is 39.5 Å². The van der Waals surface area contributed by atoms with Crippen LogP contribution in [-0.4, -0.2) is 57.6 Å². The quantitative estimate of drug-likeness (QED) is 0.868. The van der Waals surface area contributed by atoms with Crippen LogP contribution in [0.25, 0.3) is 0 Å². The highest BCUT2D eigenvalue weighted by Crippen LogP contribution is 2.12. The van der Waals surface area contributed by atoms with Gasteiger partial charge in [0, 0.05) is 18.8 Å². The van der Waals surface area contributed by atoms with Crippen LogP contribution < -0.4 is 0 Å². The summed E-state index contributed by atoms with van der Waals surface area (Å²) in [6.07, 6.45) is -0.00597. The van der Waals surface area contributed by atoms with Gasteiger partial charge in [0.1, 0.15) is 6.04 Å². The molecule has 2 rings (SSSR count). The second-order valence-electron chi connectivity index (χ2n) is 5.11.